The van der Waals surface area contributed by atoms with Crippen molar-refractivity contribution in [2.45, 2.75) is 13.3 Å². The van der Waals surface area contributed by atoms with Crippen LogP contribution in [0, 0.1) is 11.7 Å². The van der Waals surface area contributed by atoms with Crippen molar-refractivity contribution in [2.24, 2.45) is 16.8 Å². The van der Waals surface area contributed by atoms with Crippen molar-refractivity contribution in [3.63, 3.8) is 0 Å². The Hall–Kier alpha value is -1.82. The quantitative estimate of drug-likeness (QED) is 0.340. The Morgan fingerprint density at radius 1 is 1.67 bits per heavy atom. The summed E-state index contributed by atoms with van der Waals surface area (Å²) in [4.78, 5) is 11.8. The monoisotopic (exact) mass is 273 g/mol. The minimum atomic E-state index is -0.826. The SMILES string of the molecule is CCC(C(=O)Nc1cc(Cl)ccc1F)/C(N)=N/O. The number of nitrogens with zero attached hydrogens (tertiary/aromatic N) is 1. The molecule has 0 aliphatic heterocycles. The van der Waals surface area contributed by atoms with E-state index in [0.29, 0.717) is 11.4 Å². The fraction of sp³-hybridized carbons (Fsp3) is 0.273. The molecule has 0 aromatic heterocycles. The van der Waals surface area contributed by atoms with Gasteiger partial charge in [-0.1, -0.05) is 23.7 Å². The van der Waals surface area contributed by atoms with Gasteiger partial charge in [-0.2, -0.15) is 0 Å². The molecule has 0 radical (unpaired) electrons. The van der Waals surface area contributed by atoms with Crippen molar-refractivity contribution in [2.75, 3.05) is 5.32 Å². The minimum Gasteiger partial charge on any atom is -0.409 e. The lowest BCUT2D eigenvalue weighted by atomic mass is 10.0. The van der Waals surface area contributed by atoms with E-state index < -0.39 is 17.6 Å². The van der Waals surface area contributed by atoms with Crippen LogP contribution in [-0.2, 0) is 4.79 Å². The van der Waals surface area contributed by atoms with Gasteiger partial charge in [0.2, 0.25) is 5.91 Å². The molecule has 1 unspecified atom stereocenters. The molecule has 0 saturated heterocycles. The Labute approximate surface area is 108 Å². The van der Waals surface area contributed by atoms with E-state index in [2.05, 4.69) is 10.5 Å². The molecule has 0 spiro atoms. The van der Waals surface area contributed by atoms with E-state index in [9.17, 15) is 9.18 Å². The third kappa shape index (κ3) is 3.33. The van der Waals surface area contributed by atoms with Gasteiger partial charge >= 0.3 is 0 Å². The van der Waals surface area contributed by atoms with Crippen molar-refractivity contribution in [1.82, 2.24) is 0 Å². The Morgan fingerprint density at radius 3 is 2.89 bits per heavy atom. The maximum absolute atomic E-state index is 13.4. The van der Waals surface area contributed by atoms with Crippen molar-refractivity contribution >= 4 is 29.0 Å². The Kier molecular flexibility index (Phi) is 4.91. The van der Waals surface area contributed by atoms with E-state index in [1.807, 2.05) is 0 Å². The summed E-state index contributed by atoms with van der Waals surface area (Å²) in [7, 11) is 0. The number of rotatable bonds is 4. The van der Waals surface area contributed by atoms with Gasteiger partial charge in [0.1, 0.15) is 5.82 Å². The summed E-state index contributed by atoms with van der Waals surface area (Å²) in [5.41, 5.74) is 5.32. The van der Waals surface area contributed by atoms with Crippen LogP contribution in [0.3, 0.4) is 0 Å². The molecule has 0 aliphatic rings. The van der Waals surface area contributed by atoms with Gasteiger partial charge in [0, 0.05) is 5.02 Å². The summed E-state index contributed by atoms with van der Waals surface area (Å²) in [6.07, 6.45) is 0.323. The highest BCUT2D eigenvalue weighted by atomic mass is 35.5. The highest BCUT2D eigenvalue weighted by Gasteiger charge is 2.22. The molecule has 5 nitrogen and oxygen atoms in total. The number of amides is 1. The van der Waals surface area contributed by atoms with Crippen molar-refractivity contribution in [3.05, 3.63) is 29.0 Å². The average molecular weight is 274 g/mol. The number of nitrogens with two attached hydrogens (primary N) is 1. The van der Waals surface area contributed by atoms with E-state index in [-0.39, 0.29) is 11.5 Å². The van der Waals surface area contributed by atoms with Gasteiger partial charge in [-0.15, -0.1) is 0 Å². The van der Waals surface area contributed by atoms with Crippen LogP contribution in [0.25, 0.3) is 0 Å². The highest BCUT2D eigenvalue weighted by molar-refractivity contribution is 6.31. The summed E-state index contributed by atoms with van der Waals surface area (Å²) in [5, 5.41) is 14.0. The Balaban J connectivity index is 2.89. The maximum atomic E-state index is 13.4. The molecule has 1 aromatic rings. The first-order chi connectivity index (χ1) is 8.49. The molecule has 0 saturated carbocycles. The summed E-state index contributed by atoms with van der Waals surface area (Å²) in [5.74, 6) is -2.22. The van der Waals surface area contributed by atoms with Crippen LogP contribution in [0.2, 0.25) is 5.02 Å². The number of benzene rings is 1. The molecule has 0 heterocycles. The van der Waals surface area contributed by atoms with E-state index in [4.69, 9.17) is 22.5 Å². The number of oxime groups is 1. The predicted octanol–water partition coefficient (Wildman–Crippen LogP) is 2.19. The van der Waals surface area contributed by atoms with E-state index >= 15 is 0 Å². The minimum absolute atomic E-state index is 0.0447. The van der Waals surface area contributed by atoms with Gasteiger partial charge in [-0.25, -0.2) is 4.39 Å². The number of carbonyl (C=O) groups is 1. The molecule has 1 amide bonds. The molecule has 1 atom stereocenters. The second kappa shape index (κ2) is 6.20. The molecule has 18 heavy (non-hydrogen) atoms. The number of carbonyl (C=O) groups excluding carboxylic acids is 1. The van der Waals surface area contributed by atoms with Crippen molar-refractivity contribution in [1.29, 1.82) is 0 Å². The zero-order valence-electron chi connectivity index (χ0n) is 9.65. The molecule has 1 aromatic carbocycles. The summed E-state index contributed by atoms with van der Waals surface area (Å²) < 4.78 is 13.4. The first-order valence-electron chi connectivity index (χ1n) is 5.23. The van der Waals surface area contributed by atoms with E-state index in [0.717, 1.165) is 6.07 Å². The second-order valence-corrected chi connectivity index (χ2v) is 4.04. The van der Waals surface area contributed by atoms with Crippen LogP contribution in [-0.4, -0.2) is 17.0 Å². The molecule has 7 heteroatoms. The van der Waals surface area contributed by atoms with Crippen molar-refractivity contribution in [3.8, 4) is 0 Å². The fourth-order valence-corrected chi connectivity index (χ4v) is 1.58. The maximum Gasteiger partial charge on any atom is 0.235 e. The van der Waals surface area contributed by atoms with E-state index in [1.165, 1.54) is 12.1 Å². The third-order valence-corrected chi connectivity index (χ3v) is 2.62. The lowest BCUT2D eigenvalue weighted by molar-refractivity contribution is -0.118. The molecule has 4 N–H and O–H groups in total. The topological polar surface area (TPSA) is 87.7 Å². The fourth-order valence-electron chi connectivity index (χ4n) is 1.41. The lowest BCUT2D eigenvalue weighted by Crippen LogP contribution is -2.34. The molecule has 0 aliphatic carbocycles. The summed E-state index contributed by atoms with van der Waals surface area (Å²) in [6.45, 7) is 1.69. The normalized spacial score (nSPS) is 13.2. The number of hydrogen-bond donors (Lipinski definition) is 3. The molecule has 0 fully saturated rings. The molecular weight excluding hydrogens is 261 g/mol. The number of anilines is 1. The number of nitrogens with one attached hydrogen (secondary N) is 1. The number of halogens is 2. The van der Waals surface area contributed by atoms with Gasteiger partial charge in [0.15, 0.2) is 5.84 Å². The molecular formula is C11H13ClFN3O2. The molecule has 98 valence electrons. The first-order valence-corrected chi connectivity index (χ1v) is 5.60. The molecule has 0 bridgehead atoms. The van der Waals surface area contributed by atoms with E-state index in [1.54, 1.807) is 6.92 Å². The Bertz CT molecular complexity index is 479. The van der Waals surface area contributed by atoms with Gasteiger partial charge < -0.3 is 16.3 Å². The van der Waals surface area contributed by atoms with Crippen LogP contribution in [0.4, 0.5) is 10.1 Å². The van der Waals surface area contributed by atoms with Gasteiger partial charge in [-0.3, -0.25) is 4.79 Å². The summed E-state index contributed by atoms with van der Waals surface area (Å²) in [6, 6.07) is 3.80. The zero-order chi connectivity index (χ0) is 13.7. The number of amidine groups is 1. The van der Waals surface area contributed by atoms with Gasteiger partial charge in [-0.05, 0) is 24.6 Å². The third-order valence-electron chi connectivity index (χ3n) is 2.38. The Morgan fingerprint density at radius 2 is 2.33 bits per heavy atom. The zero-order valence-corrected chi connectivity index (χ0v) is 10.4. The van der Waals surface area contributed by atoms with Gasteiger partial charge in [0.25, 0.3) is 0 Å². The smallest absolute Gasteiger partial charge is 0.235 e. The standard InChI is InChI=1S/C11H13ClFN3O2/c1-2-7(10(14)16-18)11(17)15-9-5-6(12)3-4-8(9)13/h3-5,7,18H,2H2,1H3,(H2,14,16)(H,15,17). The largest absolute Gasteiger partial charge is 0.409 e. The van der Waals surface area contributed by atoms with Crippen LogP contribution in [0.5, 0.6) is 0 Å². The van der Waals surface area contributed by atoms with Crippen LogP contribution >= 0.6 is 11.6 Å². The van der Waals surface area contributed by atoms with Crippen LogP contribution < -0.4 is 11.1 Å². The average Bonchev–Trinajstić information content (AvgIpc) is 2.34. The van der Waals surface area contributed by atoms with Crippen molar-refractivity contribution < 1.29 is 14.4 Å². The summed E-state index contributed by atoms with van der Waals surface area (Å²) >= 11 is 5.70. The number of hydrogen-bond acceptors (Lipinski definition) is 3. The lowest BCUT2D eigenvalue weighted by Gasteiger charge is -2.13. The highest BCUT2D eigenvalue weighted by Crippen LogP contribution is 2.20. The first kappa shape index (κ1) is 14.2. The van der Waals surface area contributed by atoms with Crippen LogP contribution in [0.15, 0.2) is 23.4 Å². The second-order valence-electron chi connectivity index (χ2n) is 3.60. The van der Waals surface area contributed by atoms with Gasteiger partial charge in [0.05, 0.1) is 11.6 Å². The molecule has 1 rings (SSSR count). The predicted molar refractivity (Wildman–Crippen MR) is 67.2 cm³/mol. The van der Waals surface area contributed by atoms with Crippen LogP contribution in [0.1, 0.15) is 13.3 Å².